The molecule has 1 aromatic carbocycles. The molecule has 2 aromatic rings. The third-order valence-corrected chi connectivity index (χ3v) is 3.12. The van der Waals surface area contributed by atoms with Gasteiger partial charge in [0.25, 0.3) is 5.56 Å². The first-order valence-corrected chi connectivity index (χ1v) is 6.41. The monoisotopic (exact) mass is 310 g/mol. The molecule has 0 aliphatic carbocycles. The van der Waals surface area contributed by atoms with Crippen LogP contribution in [-0.4, -0.2) is 10.9 Å². The number of benzene rings is 1. The zero-order valence-corrected chi connectivity index (χ0v) is 11.6. The molecule has 116 valence electrons. The van der Waals surface area contributed by atoms with Crippen molar-refractivity contribution >= 4 is 11.6 Å². The second-order valence-electron chi connectivity index (χ2n) is 4.78. The lowest BCUT2D eigenvalue weighted by atomic mass is 10.1. The first-order valence-electron chi connectivity index (χ1n) is 6.41. The number of H-pyrrole nitrogens is 1. The number of aryl methyl sites for hydroxylation is 1. The predicted octanol–water partition coefficient (Wildman–Crippen LogP) is 2.88. The molecule has 1 amide bonds. The Morgan fingerprint density at radius 3 is 2.59 bits per heavy atom. The van der Waals surface area contributed by atoms with Crippen molar-refractivity contribution < 1.29 is 18.0 Å². The van der Waals surface area contributed by atoms with Gasteiger partial charge >= 0.3 is 6.18 Å². The molecule has 0 saturated heterocycles. The largest absolute Gasteiger partial charge is 0.417 e. The molecule has 4 nitrogen and oxygen atoms in total. The lowest BCUT2D eigenvalue weighted by Gasteiger charge is -2.10. The molecule has 0 atom stereocenters. The van der Waals surface area contributed by atoms with Crippen LogP contribution in [0.15, 0.2) is 41.3 Å². The number of carbonyl (C=O) groups excluding carboxylic acids is 1. The topological polar surface area (TPSA) is 62.0 Å². The highest BCUT2D eigenvalue weighted by atomic mass is 19.4. The number of rotatable bonds is 3. The molecule has 0 aliphatic heterocycles. The smallest absolute Gasteiger partial charge is 0.327 e. The van der Waals surface area contributed by atoms with E-state index in [0.29, 0.717) is 12.3 Å². The van der Waals surface area contributed by atoms with Gasteiger partial charge in [0.05, 0.1) is 12.0 Å². The van der Waals surface area contributed by atoms with Gasteiger partial charge in [0.15, 0.2) is 0 Å². The molecule has 0 saturated carbocycles. The third-order valence-electron chi connectivity index (χ3n) is 3.12. The van der Waals surface area contributed by atoms with Crippen LogP contribution in [0.25, 0.3) is 0 Å². The highest BCUT2D eigenvalue weighted by molar-refractivity contribution is 5.92. The normalized spacial score (nSPS) is 11.3. The molecule has 0 spiro atoms. The van der Waals surface area contributed by atoms with E-state index in [1.807, 2.05) is 24.0 Å². The van der Waals surface area contributed by atoms with Gasteiger partial charge in [-0.2, -0.15) is 13.2 Å². The minimum absolute atomic E-state index is 0.0254. The molecule has 2 rings (SSSR count). The van der Waals surface area contributed by atoms with Gasteiger partial charge in [-0.05, 0) is 24.1 Å². The van der Waals surface area contributed by atoms with Crippen LogP contribution in [-0.2, 0) is 17.4 Å². The van der Waals surface area contributed by atoms with Crippen LogP contribution in [0.3, 0.4) is 0 Å². The van der Waals surface area contributed by atoms with Gasteiger partial charge in [-0.3, -0.25) is 9.59 Å². The predicted molar refractivity (Wildman–Crippen MR) is 75.6 cm³/mol. The second-order valence-corrected chi connectivity index (χ2v) is 4.78. The lowest BCUT2D eigenvalue weighted by molar-refractivity contribution is -0.137. The number of halogens is 3. The van der Waals surface area contributed by atoms with E-state index in [1.165, 1.54) is 0 Å². The number of pyridine rings is 1. The summed E-state index contributed by atoms with van der Waals surface area (Å²) in [4.78, 5) is 25.4. The number of alkyl halides is 3. The molecule has 22 heavy (non-hydrogen) atoms. The number of nitrogens with one attached hydrogen (secondary N) is 2. The van der Waals surface area contributed by atoms with Gasteiger partial charge in [0.1, 0.15) is 5.69 Å². The average Bonchev–Trinajstić information content (AvgIpc) is 2.42. The van der Waals surface area contributed by atoms with Gasteiger partial charge in [0.2, 0.25) is 5.91 Å². The van der Waals surface area contributed by atoms with E-state index in [0.717, 1.165) is 11.1 Å². The van der Waals surface area contributed by atoms with Crippen molar-refractivity contribution in [1.29, 1.82) is 0 Å². The number of carbonyl (C=O) groups is 1. The van der Waals surface area contributed by atoms with Crippen LogP contribution in [0.5, 0.6) is 0 Å². The molecule has 1 heterocycles. The fourth-order valence-corrected chi connectivity index (χ4v) is 1.92. The molecule has 0 radical (unpaired) electrons. The highest BCUT2D eigenvalue weighted by Gasteiger charge is 2.31. The fraction of sp³-hybridized carbons (Fsp3) is 0.200. The van der Waals surface area contributed by atoms with Crippen molar-refractivity contribution in [2.45, 2.75) is 19.5 Å². The summed E-state index contributed by atoms with van der Waals surface area (Å²) in [5, 5.41) is 2.22. The zero-order valence-electron chi connectivity index (χ0n) is 11.6. The number of hydrogen-bond donors (Lipinski definition) is 2. The fourth-order valence-electron chi connectivity index (χ4n) is 1.92. The maximum Gasteiger partial charge on any atom is 0.417 e. The van der Waals surface area contributed by atoms with Gasteiger partial charge in [-0.25, -0.2) is 0 Å². The Morgan fingerprint density at radius 1 is 1.27 bits per heavy atom. The summed E-state index contributed by atoms with van der Waals surface area (Å²) in [7, 11) is 0. The standard InChI is InChI=1S/C15H13F3N2O2/c1-9-4-2-3-5-10(9)6-13(21)20-12-7-11(15(16,17)18)8-19-14(12)22/h2-5,7-8H,6H2,1H3,(H,19,22)(H,20,21). The quantitative estimate of drug-likeness (QED) is 0.915. The summed E-state index contributed by atoms with van der Waals surface area (Å²) < 4.78 is 37.8. The Kier molecular flexibility index (Phi) is 4.35. The van der Waals surface area contributed by atoms with Crippen molar-refractivity contribution in [2.24, 2.45) is 0 Å². The van der Waals surface area contributed by atoms with E-state index in [2.05, 4.69) is 5.32 Å². The summed E-state index contributed by atoms with van der Waals surface area (Å²) in [5.74, 6) is -0.556. The summed E-state index contributed by atoms with van der Waals surface area (Å²) in [6.45, 7) is 1.82. The molecule has 0 unspecified atom stereocenters. The summed E-state index contributed by atoms with van der Waals surface area (Å²) in [6, 6.07) is 7.75. The Morgan fingerprint density at radius 2 is 1.95 bits per heavy atom. The van der Waals surface area contributed by atoms with Crippen LogP contribution in [0.2, 0.25) is 0 Å². The Balaban J connectivity index is 2.18. The van der Waals surface area contributed by atoms with Crippen LogP contribution >= 0.6 is 0 Å². The van der Waals surface area contributed by atoms with Crippen LogP contribution < -0.4 is 10.9 Å². The van der Waals surface area contributed by atoms with Crippen LogP contribution in [0, 0.1) is 6.92 Å². The zero-order chi connectivity index (χ0) is 16.3. The van der Waals surface area contributed by atoms with E-state index in [4.69, 9.17) is 0 Å². The van der Waals surface area contributed by atoms with Gasteiger partial charge in [-0.1, -0.05) is 24.3 Å². The van der Waals surface area contributed by atoms with Crippen molar-refractivity contribution in [3.8, 4) is 0 Å². The molecule has 0 fully saturated rings. The van der Waals surface area contributed by atoms with Gasteiger partial charge < -0.3 is 10.3 Å². The highest BCUT2D eigenvalue weighted by Crippen LogP contribution is 2.29. The van der Waals surface area contributed by atoms with Crippen molar-refractivity contribution in [3.63, 3.8) is 0 Å². The van der Waals surface area contributed by atoms with Crippen LogP contribution in [0.1, 0.15) is 16.7 Å². The van der Waals surface area contributed by atoms with E-state index in [-0.39, 0.29) is 6.42 Å². The SMILES string of the molecule is Cc1ccccc1CC(=O)Nc1cc(C(F)(F)F)c[nH]c1=O. The van der Waals surface area contributed by atoms with Crippen LogP contribution in [0.4, 0.5) is 18.9 Å². The molecule has 0 bridgehead atoms. The number of amides is 1. The van der Waals surface area contributed by atoms with E-state index < -0.39 is 28.9 Å². The van der Waals surface area contributed by atoms with Crippen molar-refractivity contribution in [2.75, 3.05) is 5.32 Å². The van der Waals surface area contributed by atoms with E-state index in [9.17, 15) is 22.8 Å². The molecule has 1 aromatic heterocycles. The Bertz CT molecular complexity index is 751. The number of hydrogen-bond acceptors (Lipinski definition) is 2. The first-order chi connectivity index (χ1) is 10.3. The molecule has 7 heteroatoms. The number of anilines is 1. The third kappa shape index (κ3) is 3.75. The Hall–Kier alpha value is -2.57. The summed E-state index contributed by atoms with van der Waals surface area (Å²) in [5.41, 5.74) is -0.614. The lowest BCUT2D eigenvalue weighted by Crippen LogP contribution is -2.22. The maximum atomic E-state index is 12.6. The second kappa shape index (κ2) is 6.05. The summed E-state index contributed by atoms with van der Waals surface area (Å²) in [6.07, 6.45) is -4.05. The molecular formula is C15H13F3N2O2. The Labute approximate surface area is 124 Å². The minimum atomic E-state index is -4.60. The maximum absolute atomic E-state index is 12.6. The molecule has 0 aliphatic rings. The van der Waals surface area contributed by atoms with Gasteiger partial charge in [0, 0.05) is 6.20 Å². The van der Waals surface area contributed by atoms with Gasteiger partial charge in [-0.15, -0.1) is 0 Å². The number of aromatic nitrogens is 1. The summed E-state index contributed by atoms with van der Waals surface area (Å²) >= 11 is 0. The van der Waals surface area contributed by atoms with Crippen molar-refractivity contribution in [3.05, 3.63) is 63.6 Å². The molecular weight excluding hydrogens is 297 g/mol. The van der Waals surface area contributed by atoms with Crippen molar-refractivity contribution in [1.82, 2.24) is 4.98 Å². The van der Waals surface area contributed by atoms with E-state index in [1.54, 1.807) is 12.1 Å². The molecule has 2 N–H and O–H groups in total. The number of aromatic amines is 1. The minimum Gasteiger partial charge on any atom is -0.327 e. The first kappa shape index (κ1) is 15.8. The average molecular weight is 310 g/mol. The van der Waals surface area contributed by atoms with E-state index >= 15 is 0 Å².